The van der Waals surface area contributed by atoms with E-state index in [4.69, 9.17) is 23.8 Å². The normalized spacial score (nSPS) is 27.4. The molecule has 186 valence electrons. The van der Waals surface area contributed by atoms with Crippen LogP contribution in [0.15, 0.2) is 24.3 Å². The molecule has 1 spiro atoms. The first-order chi connectivity index (χ1) is 15.6. The molecule has 4 rings (SSSR count). The van der Waals surface area contributed by atoms with Gasteiger partial charge in [0.2, 0.25) is 0 Å². The Balaban J connectivity index is 1.32. The monoisotopic (exact) mass is 461 g/mol. The van der Waals surface area contributed by atoms with E-state index < -0.39 is 5.79 Å². The summed E-state index contributed by atoms with van der Waals surface area (Å²) in [6.07, 6.45) is 4.89. The van der Waals surface area contributed by atoms with Crippen molar-refractivity contribution >= 4 is 0 Å². The van der Waals surface area contributed by atoms with Crippen LogP contribution in [0.5, 0.6) is 5.75 Å². The second-order valence-corrected chi connectivity index (χ2v) is 11.5. The van der Waals surface area contributed by atoms with Gasteiger partial charge in [-0.25, -0.2) is 0 Å². The zero-order valence-electron chi connectivity index (χ0n) is 21.4. The lowest BCUT2D eigenvalue weighted by Crippen LogP contribution is -2.68. The molecule has 3 saturated heterocycles. The summed E-state index contributed by atoms with van der Waals surface area (Å²) in [7, 11) is 0. The highest BCUT2D eigenvalue weighted by atomic mass is 16.7. The third-order valence-corrected chi connectivity index (χ3v) is 7.66. The summed E-state index contributed by atoms with van der Waals surface area (Å²) in [4.78, 5) is 6.43. The van der Waals surface area contributed by atoms with Crippen molar-refractivity contribution in [1.82, 2.24) is 5.06 Å². The predicted octanol–water partition coefficient (Wildman–Crippen LogP) is 5.14. The number of hydroxylamine groups is 2. The Morgan fingerprint density at radius 2 is 1.52 bits per heavy atom. The maximum absolute atomic E-state index is 6.52. The highest BCUT2D eigenvalue weighted by Gasteiger charge is 2.57. The third-order valence-electron chi connectivity index (χ3n) is 7.66. The first-order valence-corrected chi connectivity index (χ1v) is 12.7. The molecule has 6 heteroatoms. The van der Waals surface area contributed by atoms with Crippen molar-refractivity contribution in [3.63, 3.8) is 0 Å². The molecule has 3 heterocycles. The molecule has 0 amide bonds. The largest absolute Gasteiger partial charge is 0.491 e. The molecule has 0 radical (unpaired) electrons. The summed E-state index contributed by atoms with van der Waals surface area (Å²) in [5.41, 5.74) is 0.980. The van der Waals surface area contributed by atoms with Gasteiger partial charge in [0, 0.05) is 29.3 Å². The molecule has 3 aliphatic rings. The summed E-state index contributed by atoms with van der Waals surface area (Å²) in [5.74, 6) is 0.364. The minimum atomic E-state index is -0.526. The molecule has 33 heavy (non-hydrogen) atoms. The molecule has 0 aromatic heterocycles. The van der Waals surface area contributed by atoms with Crippen LogP contribution in [0.3, 0.4) is 0 Å². The lowest BCUT2D eigenvalue weighted by atomic mass is 9.76. The fourth-order valence-corrected chi connectivity index (χ4v) is 5.57. The number of ether oxygens (including phenoxy) is 4. The molecular weight excluding hydrogens is 418 g/mol. The van der Waals surface area contributed by atoms with E-state index in [1.807, 2.05) is 12.1 Å². The first kappa shape index (κ1) is 24.9. The fourth-order valence-electron chi connectivity index (χ4n) is 5.57. The van der Waals surface area contributed by atoms with Crippen LogP contribution in [-0.4, -0.2) is 61.1 Å². The lowest BCUT2D eigenvalue weighted by molar-refractivity contribution is -0.382. The Bertz CT molecular complexity index is 752. The van der Waals surface area contributed by atoms with Crippen LogP contribution in [0.4, 0.5) is 0 Å². The van der Waals surface area contributed by atoms with Gasteiger partial charge in [-0.2, -0.15) is 5.06 Å². The van der Waals surface area contributed by atoms with Crippen molar-refractivity contribution in [1.29, 1.82) is 0 Å². The Labute approximate surface area is 199 Å². The third kappa shape index (κ3) is 5.73. The van der Waals surface area contributed by atoms with Gasteiger partial charge < -0.3 is 18.9 Å². The van der Waals surface area contributed by atoms with Crippen molar-refractivity contribution in [2.45, 2.75) is 96.6 Å². The summed E-state index contributed by atoms with van der Waals surface area (Å²) in [6, 6.07) is 8.29. The topological polar surface area (TPSA) is 52.7 Å². The predicted molar refractivity (Wildman–Crippen MR) is 128 cm³/mol. The van der Waals surface area contributed by atoms with Gasteiger partial charge in [0.15, 0.2) is 5.79 Å². The number of nitrogens with zero attached hydrogens (tertiary/aromatic N) is 1. The van der Waals surface area contributed by atoms with Crippen molar-refractivity contribution in [3.8, 4) is 5.75 Å². The average Bonchev–Trinajstić information content (AvgIpc) is 3.60. The number of hydrogen-bond acceptors (Lipinski definition) is 6. The minimum Gasteiger partial charge on any atom is -0.491 e. The van der Waals surface area contributed by atoms with E-state index in [2.05, 4.69) is 58.7 Å². The molecule has 0 aliphatic carbocycles. The van der Waals surface area contributed by atoms with Crippen molar-refractivity contribution < 1.29 is 23.8 Å². The molecule has 3 aliphatic heterocycles. The molecule has 0 bridgehead atoms. The average molecular weight is 462 g/mol. The van der Waals surface area contributed by atoms with Crippen LogP contribution in [-0.2, 0) is 25.5 Å². The number of hydrogen-bond donors (Lipinski definition) is 0. The molecule has 1 atom stereocenters. The Hall–Kier alpha value is -1.18. The van der Waals surface area contributed by atoms with E-state index in [0.717, 1.165) is 57.7 Å². The molecular formula is C27H43NO5. The van der Waals surface area contributed by atoms with E-state index in [1.54, 1.807) is 0 Å². The number of rotatable bonds is 9. The van der Waals surface area contributed by atoms with E-state index in [-0.39, 0.29) is 22.6 Å². The van der Waals surface area contributed by atoms with Crippen LogP contribution in [0, 0.1) is 5.41 Å². The van der Waals surface area contributed by atoms with E-state index >= 15 is 0 Å². The van der Waals surface area contributed by atoms with Gasteiger partial charge in [-0.05, 0) is 64.7 Å². The summed E-state index contributed by atoms with van der Waals surface area (Å²) in [6.45, 7) is 17.1. The number of epoxide rings is 1. The smallest absolute Gasteiger partial charge is 0.171 e. The lowest BCUT2D eigenvalue weighted by Gasteiger charge is -2.59. The molecule has 0 saturated carbocycles. The van der Waals surface area contributed by atoms with Gasteiger partial charge in [0.05, 0.1) is 26.4 Å². The van der Waals surface area contributed by atoms with Gasteiger partial charge in [-0.3, -0.25) is 4.84 Å². The van der Waals surface area contributed by atoms with Crippen LogP contribution >= 0.6 is 0 Å². The van der Waals surface area contributed by atoms with E-state index in [9.17, 15) is 0 Å². The second kappa shape index (κ2) is 9.46. The Morgan fingerprint density at radius 3 is 2.03 bits per heavy atom. The zero-order valence-corrected chi connectivity index (χ0v) is 21.4. The number of benzene rings is 1. The minimum absolute atomic E-state index is 0.152. The van der Waals surface area contributed by atoms with E-state index in [1.165, 1.54) is 5.56 Å². The summed E-state index contributed by atoms with van der Waals surface area (Å²) in [5, 5.41) is 2.19. The molecule has 1 aromatic rings. The first-order valence-electron chi connectivity index (χ1n) is 12.7. The summed E-state index contributed by atoms with van der Waals surface area (Å²) < 4.78 is 24.0. The van der Waals surface area contributed by atoms with E-state index in [0.29, 0.717) is 13.2 Å². The van der Waals surface area contributed by atoms with Gasteiger partial charge in [-0.15, -0.1) is 0 Å². The standard InChI is InChI=1S/C27H43NO5/c1-7-26(8-2)19-31-27(32-20-26)17-24(3,4)28(25(5,6)18-27)33-14-13-21-9-11-22(12-10-21)29-15-23-16-30-23/h9-12,23H,7-8,13-20H2,1-6H3. The quantitative estimate of drug-likeness (QED) is 0.475. The molecule has 3 fully saturated rings. The SMILES string of the molecule is CCC1(CC)COC2(CC(C)(C)N(OCCc3ccc(OCC4CO4)cc3)C(C)(C)C2)OC1. The number of piperidine rings is 1. The molecule has 1 aromatic carbocycles. The molecule has 6 nitrogen and oxygen atoms in total. The highest BCUT2D eigenvalue weighted by Crippen LogP contribution is 2.49. The summed E-state index contributed by atoms with van der Waals surface area (Å²) >= 11 is 0. The Kier molecular flexibility index (Phi) is 7.15. The maximum atomic E-state index is 6.52. The Morgan fingerprint density at radius 1 is 0.939 bits per heavy atom. The second-order valence-electron chi connectivity index (χ2n) is 11.5. The van der Waals surface area contributed by atoms with Crippen molar-refractivity contribution in [2.24, 2.45) is 5.41 Å². The van der Waals surface area contributed by atoms with Crippen LogP contribution in [0.2, 0.25) is 0 Å². The van der Waals surface area contributed by atoms with Crippen LogP contribution in [0.1, 0.15) is 72.8 Å². The fraction of sp³-hybridized carbons (Fsp3) is 0.778. The molecule has 0 N–H and O–H groups in total. The maximum Gasteiger partial charge on any atom is 0.171 e. The molecule has 1 unspecified atom stereocenters. The van der Waals surface area contributed by atoms with Gasteiger partial charge >= 0.3 is 0 Å². The van der Waals surface area contributed by atoms with Crippen molar-refractivity contribution in [2.75, 3.05) is 33.0 Å². The van der Waals surface area contributed by atoms with Gasteiger partial charge in [0.1, 0.15) is 18.5 Å². The van der Waals surface area contributed by atoms with Crippen molar-refractivity contribution in [3.05, 3.63) is 29.8 Å². The van der Waals surface area contributed by atoms with Gasteiger partial charge in [0.25, 0.3) is 0 Å². The van der Waals surface area contributed by atoms with Gasteiger partial charge in [-0.1, -0.05) is 26.0 Å². The highest BCUT2D eigenvalue weighted by molar-refractivity contribution is 5.27. The van der Waals surface area contributed by atoms with Crippen LogP contribution in [0.25, 0.3) is 0 Å². The zero-order chi connectivity index (χ0) is 23.7. The van der Waals surface area contributed by atoms with Crippen LogP contribution < -0.4 is 4.74 Å².